The summed E-state index contributed by atoms with van der Waals surface area (Å²) in [5.74, 6) is 2.43. The second-order valence-corrected chi connectivity index (χ2v) is 7.25. The first-order valence-corrected chi connectivity index (χ1v) is 10.6. The predicted molar refractivity (Wildman–Crippen MR) is 131 cm³/mol. The van der Waals surface area contributed by atoms with E-state index < -0.39 is 0 Å². The van der Waals surface area contributed by atoms with Crippen molar-refractivity contribution in [2.24, 2.45) is 4.99 Å². The minimum Gasteiger partial charge on any atom is -0.493 e. The second-order valence-electron chi connectivity index (χ2n) is 7.25. The number of aromatic nitrogens is 2. The topological polar surface area (TPSA) is 72.7 Å². The van der Waals surface area contributed by atoms with Gasteiger partial charge in [0.1, 0.15) is 0 Å². The van der Waals surface area contributed by atoms with E-state index in [0.717, 1.165) is 61.9 Å². The summed E-state index contributed by atoms with van der Waals surface area (Å²) in [5, 5.41) is 10.9. The van der Waals surface area contributed by atoms with Gasteiger partial charge in [-0.1, -0.05) is 6.07 Å². The first-order chi connectivity index (χ1) is 14.3. The Bertz CT molecular complexity index is 761. The van der Waals surface area contributed by atoms with Crippen LogP contribution in [-0.2, 0) is 13.1 Å². The van der Waals surface area contributed by atoms with E-state index in [2.05, 4.69) is 28.7 Å². The van der Waals surface area contributed by atoms with Gasteiger partial charge in [-0.2, -0.15) is 5.10 Å². The van der Waals surface area contributed by atoms with Gasteiger partial charge in [0, 0.05) is 32.0 Å². The van der Waals surface area contributed by atoms with Gasteiger partial charge in [0.2, 0.25) is 0 Å². The molecule has 1 saturated carbocycles. The molecule has 0 unspecified atom stereocenters. The molecule has 1 heterocycles. The number of methoxy groups -OCH3 is 1. The van der Waals surface area contributed by atoms with E-state index in [1.165, 1.54) is 12.8 Å². The zero-order valence-electron chi connectivity index (χ0n) is 18.0. The maximum Gasteiger partial charge on any atom is 0.191 e. The number of nitrogens with zero attached hydrogens (tertiary/aromatic N) is 3. The van der Waals surface area contributed by atoms with Crippen LogP contribution in [0.5, 0.6) is 11.5 Å². The third-order valence-corrected chi connectivity index (χ3v) is 5.00. The summed E-state index contributed by atoms with van der Waals surface area (Å²) in [4.78, 5) is 4.70. The van der Waals surface area contributed by atoms with Crippen LogP contribution in [0, 0.1) is 0 Å². The Balaban J connectivity index is 0.00000320. The minimum absolute atomic E-state index is 0. The molecule has 0 atom stereocenters. The van der Waals surface area contributed by atoms with Crippen molar-refractivity contribution in [1.82, 2.24) is 20.4 Å². The molecule has 3 rings (SSSR count). The third kappa shape index (κ3) is 7.70. The van der Waals surface area contributed by atoms with E-state index >= 15 is 0 Å². The number of ether oxygens (including phenoxy) is 2. The Kier molecular flexibility index (Phi) is 10.8. The van der Waals surface area contributed by atoms with Crippen molar-refractivity contribution in [3.63, 3.8) is 0 Å². The maximum atomic E-state index is 6.12. The lowest BCUT2D eigenvalue weighted by atomic mass is 10.2. The summed E-state index contributed by atoms with van der Waals surface area (Å²) in [6.07, 6.45) is 9.85. The summed E-state index contributed by atoms with van der Waals surface area (Å²) in [6, 6.07) is 8.04. The molecule has 7 nitrogen and oxygen atoms in total. The normalized spacial score (nSPS) is 14.3. The summed E-state index contributed by atoms with van der Waals surface area (Å²) in [5.41, 5.74) is 1.09. The van der Waals surface area contributed by atoms with Crippen molar-refractivity contribution in [3.8, 4) is 11.5 Å². The first-order valence-electron chi connectivity index (χ1n) is 10.6. The highest BCUT2D eigenvalue weighted by molar-refractivity contribution is 14.0. The van der Waals surface area contributed by atoms with Gasteiger partial charge >= 0.3 is 0 Å². The quantitative estimate of drug-likeness (QED) is 0.212. The van der Waals surface area contributed by atoms with Gasteiger partial charge < -0.3 is 20.1 Å². The lowest BCUT2D eigenvalue weighted by molar-refractivity contribution is 0.200. The molecule has 1 aromatic carbocycles. The minimum atomic E-state index is 0. The number of aryl methyl sites for hydroxylation is 1. The molecule has 8 heteroatoms. The smallest absolute Gasteiger partial charge is 0.191 e. The van der Waals surface area contributed by atoms with Crippen LogP contribution in [0.15, 0.2) is 41.7 Å². The van der Waals surface area contributed by atoms with E-state index in [-0.39, 0.29) is 24.0 Å². The van der Waals surface area contributed by atoms with E-state index in [1.807, 2.05) is 29.1 Å². The number of rotatable bonds is 10. The van der Waals surface area contributed by atoms with Crippen molar-refractivity contribution in [1.29, 1.82) is 0 Å². The first kappa shape index (κ1) is 24.3. The molecule has 1 fully saturated rings. The van der Waals surface area contributed by atoms with Crippen LogP contribution in [0.4, 0.5) is 0 Å². The standard InChI is InChI=1S/C22H33N5O2.HI/c1-3-23-22(24-12-6-14-27-15-7-13-26-27)25-17-18-10-11-20(21(16-18)28-2)29-19-8-4-5-9-19;/h7,10-11,13,15-16,19H,3-6,8-9,12,14,17H2,1-2H3,(H2,23,24,25);1H. The molecule has 2 N–H and O–H groups in total. The summed E-state index contributed by atoms with van der Waals surface area (Å²) >= 11 is 0. The van der Waals surface area contributed by atoms with E-state index in [1.54, 1.807) is 13.3 Å². The Morgan fingerprint density at radius 3 is 2.77 bits per heavy atom. The fraction of sp³-hybridized carbons (Fsp3) is 0.545. The van der Waals surface area contributed by atoms with Gasteiger partial charge in [0.05, 0.1) is 19.8 Å². The molecule has 1 aromatic heterocycles. The summed E-state index contributed by atoms with van der Waals surface area (Å²) in [7, 11) is 1.69. The van der Waals surface area contributed by atoms with Crippen LogP contribution in [0.2, 0.25) is 0 Å². The average Bonchev–Trinajstić information content (AvgIpc) is 3.44. The molecule has 0 radical (unpaired) electrons. The molecule has 2 aromatic rings. The van der Waals surface area contributed by atoms with Crippen LogP contribution in [-0.4, -0.2) is 42.0 Å². The SMILES string of the molecule is CCNC(=NCc1ccc(OC2CCCC2)c(OC)c1)NCCCn1cccn1.I. The molecular formula is C22H34IN5O2. The molecule has 0 amide bonds. The van der Waals surface area contributed by atoms with Crippen LogP contribution < -0.4 is 20.1 Å². The number of benzene rings is 1. The van der Waals surface area contributed by atoms with E-state index in [4.69, 9.17) is 14.5 Å². The second kappa shape index (κ2) is 13.4. The van der Waals surface area contributed by atoms with Crippen LogP contribution in [0.3, 0.4) is 0 Å². The lowest BCUT2D eigenvalue weighted by Crippen LogP contribution is -2.38. The van der Waals surface area contributed by atoms with E-state index in [9.17, 15) is 0 Å². The number of nitrogens with one attached hydrogen (secondary N) is 2. The highest BCUT2D eigenvalue weighted by Crippen LogP contribution is 2.32. The fourth-order valence-electron chi connectivity index (χ4n) is 3.49. The molecule has 30 heavy (non-hydrogen) atoms. The van der Waals surface area contributed by atoms with Gasteiger partial charge in [0.15, 0.2) is 17.5 Å². The van der Waals surface area contributed by atoms with Crippen molar-refractivity contribution < 1.29 is 9.47 Å². The molecular weight excluding hydrogens is 493 g/mol. The monoisotopic (exact) mass is 527 g/mol. The van der Waals surface area contributed by atoms with Crippen molar-refractivity contribution in [3.05, 3.63) is 42.2 Å². The molecule has 0 aliphatic heterocycles. The Hall–Kier alpha value is -1.97. The van der Waals surface area contributed by atoms with Gasteiger partial charge in [-0.05, 0) is 62.8 Å². The molecule has 0 saturated heterocycles. The van der Waals surface area contributed by atoms with Crippen LogP contribution >= 0.6 is 24.0 Å². The van der Waals surface area contributed by atoms with Crippen LogP contribution in [0.25, 0.3) is 0 Å². The molecule has 166 valence electrons. The van der Waals surface area contributed by atoms with Gasteiger partial charge in [-0.15, -0.1) is 24.0 Å². The third-order valence-electron chi connectivity index (χ3n) is 5.00. The highest BCUT2D eigenvalue weighted by Gasteiger charge is 2.18. The Labute approximate surface area is 196 Å². The molecule has 1 aliphatic carbocycles. The van der Waals surface area contributed by atoms with Gasteiger partial charge in [-0.25, -0.2) is 4.99 Å². The number of guanidine groups is 1. The zero-order valence-corrected chi connectivity index (χ0v) is 20.3. The number of hydrogen-bond acceptors (Lipinski definition) is 4. The van der Waals surface area contributed by atoms with Crippen molar-refractivity contribution in [2.75, 3.05) is 20.2 Å². The maximum absolute atomic E-state index is 6.12. The van der Waals surface area contributed by atoms with E-state index in [0.29, 0.717) is 12.6 Å². The Morgan fingerprint density at radius 2 is 2.07 bits per heavy atom. The Morgan fingerprint density at radius 1 is 1.23 bits per heavy atom. The zero-order chi connectivity index (χ0) is 20.3. The number of halogens is 1. The van der Waals surface area contributed by atoms with Gasteiger partial charge in [0.25, 0.3) is 0 Å². The molecule has 0 spiro atoms. The average molecular weight is 527 g/mol. The largest absolute Gasteiger partial charge is 0.493 e. The summed E-state index contributed by atoms with van der Waals surface area (Å²) < 4.78 is 13.6. The number of hydrogen-bond donors (Lipinski definition) is 2. The molecule has 1 aliphatic rings. The highest BCUT2D eigenvalue weighted by atomic mass is 127. The predicted octanol–water partition coefficient (Wildman–Crippen LogP) is 3.98. The van der Waals surface area contributed by atoms with Gasteiger partial charge in [-0.3, -0.25) is 4.68 Å². The summed E-state index contributed by atoms with van der Waals surface area (Å²) in [6.45, 7) is 5.19. The van der Waals surface area contributed by atoms with Crippen molar-refractivity contribution in [2.45, 2.75) is 58.2 Å². The molecule has 0 bridgehead atoms. The number of aliphatic imine (C=N–C) groups is 1. The lowest BCUT2D eigenvalue weighted by Gasteiger charge is -2.16. The van der Waals surface area contributed by atoms with Crippen LogP contribution in [0.1, 0.15) is 44.6 Å². The fourth-order valence-corrected chi connectivity index (χ4v) is 3.49. The van der Waals surface area contributed by atoms with Crippen molar-refractivity contribution >= 4 is 29.9 Å².